The Balaban J connectivity index is 2.18. The van der Waals surface area contributed by atoms with Crippen molar-refractivity contribution >= 4 is 27.7 Å². The van der Waals surface area contributed by atoms with Crippen LogP contribution in [0.25, 0.3) is 0 Å². The molecule has 102 valence electrons. The summed E-state index contributed by atoms with van der Waals surface area (Å²) in [5.74, 6) is -0.335. The summed E-state index contributed by atoms with van der Waals surface area (Å²) in [4.78, 5) is 25.4. The van der Waals surface area contributed by atoms with Crippen LogP contribution in [0.4, 0.5) is 0 Å². The van der Waals surface area contributed by atoms with E-state index in [1.807, 2.05) is 13.8 Å². The highest BCUT2D eigenvalue weighted by atomic mass is 79.9. The van der Waals surface area contributed by atoms with E-state index in [2.05, 4.69) is 15.9 Å². The molecule has 1 unspecified atom stereocenters. The van der Waals surface area contributed by atoms with Crippen molar-refractivity contribution in [3.05, 3.63) is 33.8 Å². The van der Waals surface area contributed by atoms with Crippen molar-refractivity contribution in [1.82, 2.24) is 4.90 Å². The normalized spacial score (nSPS) is 16.2. The van der Waals surface area contributed by atoms with Crippen molar-refractivity contribution in [3.63, 3.8) is 0 Å². The van der Waals surface area contributed by atoms with Crippen LogP contribution >= 0.6 is 15.9 Å². The standard InChI is InChI=1S/C14H16BrNO3/c1-8(2)5-10(17)7-16-13(18)11-4-3-9(15)6-12(11)14(16)19/h3-4,6,8,10,17H,5,7H2,1-2H3. The van der Waals surface area contributed by atoms with Crippen LogP contribution in [-0.4, -0.2) is 34.5 Å². The lowest BCUT2D eigenvalue weighted by molar-refractivity contribution is 0.0515. The van der Waals surface area contributed by atoms with E-state index < -0.39 is 6.10 Å². The van der Waals surface area contributed by atoms with Crippen molar-refractivity contribution < 1.29 is 14.7 Å². The molecule has 0 saturated carbocycles. The van der Waals surface area contributed by atoms with Gasteiger partial charge in [-0.25, -0.2) is 0 Å². The molecule has 1 aliphatic rings. The third-order valence-corrected chi connectivity index (χ3v) is 3.56. The van der Waals surface area contributed by atoms with Crippen LogP contribution in [0.3, 0.4) is 0 Å². The van der Waals surface area contributed by atoms with Gasteiger partial charge in [-0.1, -0.05) is 29.8 Å². The van der Waals surface area contributed by atoms with Crippen molar-refractivity contribution in [2.45, 2.75) is 26.4 Å². The number of β-amino-alcohol motifs (C(OH)–C–C–N with tert-alkyl or cyclic N) is 1. The molecule has 2 amide bonds. The number of amides is 2. The highest BCUT2D eigenvalue weighted by Gasteiger charge is 2.36. The maximum Gasteiger partial charge on any atom is 0.261 e. The Morgan fingerprint density at radius 1 is 1.21 bits per heavy atom. The second-order valence-electron chi connectivity index (χ2n) is 5.19. The van der Waals surface area contributed by atoms with E-state index in [-0.39, 0.29) is 18.4 Å². The number of benzene rings is 1. The second-order valence-corrected chi connectivity index (χ2v) is 6.11. The first-order valence-electron chi connectivity index (χ1n) is 6.24. The van der Waals surface area contributed by atoms with Gasteiger partial charge in [0.1, 0.15) is 0 Å². The van der Waals surface area contributed by atoms with Gasteiger partial charge in [-0.2, -0.15) is 0 Å². The topological polar surface area (TPSA) is 57.6 Å². The molecule has 1 N–H and O–H groups in total. The fourth-order valence-corrected chi connectivity index (χ4v) is 2.62. The molecule has 1 heterocycles. The highest BCUT2D eigenvalue weighted by molar-refractivity contribution is 9.10. The molecule has 0 bridgehead atoms. The Bertz CT molecular complexity index is 527. The van der Waals surface area contributed by atoms with Gasteiger partial charge in [-0.3, -0.25) is 14.5 Å². The fraction of sp³-hybridized carbons (Fsp3) is 0.429. The first-order valence-corrected chi connectivity index (χ1v) is 7.03. The average Bonchev–Trinajstić information content (AvgIpc) is 2.53. The Labute approximate surface area is 120 Å². The Hall–Kier alpha value is -1.20. The first-order chi connectivity index (χ1) is 8.90. The van der Waals surface area contributed by atoms with Gasteiger partial charge in [0.05, 0.1) is 23.8 Å². The summed E-state index contributed by atoms with van der Waals surface area (Å²) in [6.07, 6.45) is -0.109. The van der Waals surface area contributed by atoms with Gasteiger partial charge >= 0.3 is 0 Å². The number of imide groups is 1. The van der Waals surface area contributed by atoms with Gasteiger partial charge in [-0.15, -0.1) is 0 Å². The van der Waals surface area contributed by atoms with Crippen LogP contribution in [0.15, 0.2) is 22.7 Å². The minimum Gasteiger partial charge on any atom is -0.391 e. The van der Waals surface area contributed by atoms with E-state index in [0.717, 1.165) is 9.37 Å². The number of halogens is 1. The van der Waals surface area contributed by atoms with E-state index in [0.29, 0.717) is 23.5 Å². The minimum atomic E-state index is -0.675. The SMILES string of the molecule is CC(C)CC(O)CN1C(=O)c2ccc(Br)cc2C1=O. The van der Waals surface area contributed by atoms with Gasteiger partial charge in [0.2, 0.25) is 0 Å². The molecule has 1 aliphatic heterocycles. The summed E-state index contributed by atoms with van der Waals surface area (Å²) in [6.45, 7) is 4.04. The van der Waals surface area contributed by atoms with E-state index in [1.165, 1.54) is 0 Å². The number of carbonyl (C=O) groups excluding carboxylic acids is 2. The smallest absolute Gasteiger partial charge is 0.261 e. The molecular weight excluding hydrogens is 310 g/mol. The van der Waals surface area contributed by atoms with Crippen LogP contribution in [0, 0.1) is 5.92 Å². The Kier molecular flexibility index (Phi) is 4.06. The molecule has 0 radical (unpaired) electrons. The number of hydrogen-bond acceptors (Lipinski definition) is 3. The van der Waals surface area contributed by atoms with Crippen LogP contribution in [-0.2, 0) is 0 Å². The quantitative estimate of drug-likeness (QED) is 0.865. The highest BCUT2D eigenvalue weighted by Crippen LogP contribution is 2.26. The fourth-order valence-electron chi connectivity index (χ4n) is 2.26. The minimum absolute atomic E-state index is 0.0577. The zero-order valence-corrected chi connectivity index (χ0v) is 12.5. The summed E-state index contributed by atoms with van der Waals surface area (Å²) < 4.78 is 0.761. The molecule has 0 fully saturated rings. The van der Waals surface area contributed by atoms with E-state index in [4.69, 9.17) is 0 Å². The van der Waals surface area contributed by atoms with Crippen molar-refractivity contribution in [3.8, 4) is 0 Å². The maximum atomic E-state index is 12.2. The molecule has 4 nitrogen and oxygen atoms in total. The van der Waals surface area contributed by atoms with E-state index in [1.54, 1.807) is 18.2 Å². The lowest BCUT2D eigenvalue weighted by atomic mass is 10.1. The van der Waals surface area contributed by atoms with Crippen molar-refractivity contribution in [2.75, 3.05) is 6.54 Å². The molecule has 19 heavy (non-hydrogen) atoms. The second kappa shape index (κ2) is 5.43. The number of aliphatic hydroxyl groups excluding tert-OH is 1. The summed E-state index contributed by atoms with van der Waals surface area (Å²) in [6, 6.07) is 5.01. The van der Waals surface area contributed by atoms with Crippen LogP contribution in [0.5, 0.6) is 0 Å². The van der Waals surface area contributed by atoms with Gasteiger partial charge in [0.15, 0.2) is 0 Å². The molecule has 2 rings (SSSR count). The zero-order valence-electron chi connectivity index (χ0n) is 10.9. The predicted octanol–water partition coefficient (Wildman–Crippen LogP) is 2.45. The third-order valence-electron chi connectivity index (χ3n) is 3.07. The number of nitrogens with zero attached hydrogens (tertiary/aromatic N) is 1. The molecule has 0 saturated heterocycles. The molecule has 1 atom stereocenters. The molecule has 1 aromatic carbocycles. The van der Waals surface area contributed by atoms with E-state index >= 15 is 0 Å². The number of hydrogen-bond donors (Lipinski definition) is 1. The lowest BCUT2D eigenvalue weighted by Crippen LogP contribution is -2.37. The summed E-state index contributed by atoms with van der Waals surface area (Å²) in [5.41, 5.74) is 0.807. The van der Waals surface area contributed by atoms with Crippen molar-refractivity contribution in [2.24, 2.45) is 5.92 Å². The molecule has 5 heteroatoms. The first kappa shape index (κ1) is 14.2. The van der Waals surface area contributed by atoms with Crippen LogP contribution in [0.2, 0.25) is 0 Å². The zero-order chi connectivity index (χ0) is 14.2. The lowest BCUT2D eigenvalue weighted by Gasteiger charge is -2.19. The molecule has 0 aliphatic carbocycles. The number of fused-ring (bicyclic) bond motifs is 1. The largest absolute Gasteiger partial charge is 0.391 e. The van der Waals surface area contributed by atoms with Crippen LogP contribution < -0.4 is 0 Å². The number of aliphatic hydroxyl groups is 1. The summed E-state index contributed by atoms with van der Waals surface area (Å²) in [5, 5.41) is 9.89. The molecular formula is C14H16BrNO3. The molecule has 0 spiro atoms. The summed E-state index contributed by atoms with van der Waals surface area (Å²) >= 11 is 3.28. The predicted molar refractivity (Wildman–Crippen MR) is 75.0 cm³/mol. The Morgan fingerprint density at radius 3 is 2.47 bits per heavy atom. The molecule has 1 aromatic rings. The van der Waals surface area contributed by atoms with Gasteiger partial charge < -0.3 is 5.11 Å². The average molecular weight is 326 g/mol. The summed E-state index contributed by atoms with van der Waals surface area (Å²) in [7, 11) is 0. The van der Waals surface area contributed by atoms with Crippen molar-refractivity contribution in [1.29, 1.82) is 0 Å². The van der Waals surface area contributed by atoms with Crippen LogP contribution in [0.1, 0.15) is 41.0 Å². The monoisotopic (exact) mass is 325 g/mol. The number of rotatable bonds is 4. The van der Waals surface area contributed by atoms with Gasteiger partial charge in [0, 0.05) is 4.47 Å². The van der Waals surface area contributed by atoms with E-state index in [9.17, 15) is 14.7 Å². The number of carbonyl (C=O) groups is 2. The Morgan fingerprint density at radius 2 is 1.84 bits per heavy atom. The van der Waals surface area contributed by atoms with Gasteiger partial charge in [0.25, 0.3) is 11.8 Å². The maximum absolute atomic E-state index is 12.2. The molecule has 0 aromatic heterocycles. The third kappa shape index (κ3) is 2.87. The van der Waals surface area contributed by atoms with Gasteiger partial charge in [-0.05, 0) is 30.5 Å².